The topological polar surface area (TPSA) is 71.3 Å². The smallest absolute Gasteiger partial charge is 0.336 e. The van der Waals surface area contributed by atoms with Crippen LogP contribution >= 0.6 is 0 Å². The highest BCUT2D eigenvalue weighted by molar-refractivity contribution is 5.99. The van der Waals surface area contributed by atoms with Crippen LogP contribution in [-0.4, -0.2) is 21.6 Å². The number of rotatable bonds is 7. The highest BCUT2D eigenvalue weighted by Crippen LogP contribution is 2.29. The van der Waals surface area contributed by atoms with Crippen LogP contribution in [-0.2, 0) is 12.0 Å². The Morgan fingerprint density at radius 2 is 1.55 bits per heavy atom. The lowest BCUT2D eigenvalue weighted by atomic mass is 9.86. The van der Waals surface area contributed by atoms with Crippen molar-refractivity contribution in [1.29, 1.82) is 0 Å². The third-order valence-corrected chi connectivity index (χ3v) is 8.29. The van der Waals surface area contributed by atoms with E-state index in [2.05, 4.69) is 68.8 Å². The first-order chi connectivity index (χ1) is 19.9. The molecule has 0 unspecified atom stereocenters. The summed E-state index contributed by atoms with van der Waals surface area (Å²) in [5.74, 6) is -1.02. The second kappa shape index (κ2) is 11.3. The van der Waals surface area contributed by atoms with Gasteiger partial charge in [-0.05, 0) is 83.8 Å². The molecule has 0 fully saturated rings. The molecule has 1 atom stereocenters. The van der Waals surface area contributed by atoms with Crippen molar-refractivity contribution in [3.8, 4) is 11.1 Å². The Hall–Kier alpha value is -4.64. The van der Waals surface area contributed by atoms with Gasteiger partial charge in [0.1, 0.15) is 0 Å². The fourth-order valence-corrected chi connectivity index (χ4v) is 5.52. The van der Waals surface area contributed by atoms with Crippen molar-refractivity contribution in [2.45, 2.75) is 59.5 Å². The molecule has 0 aliphatic heterocycles. The van der Waals surface area contributed by atoms with E-state index < -0.39 is 5.97 Å². The van der Waals surface area contributed by atoms with Crippen LogP contribution in [0.25, 0.3) is 22.0 Å². The summed E-state index contributed by atoms with van der Waals surface area (Å²) < 4.78 is 2.27. The molecule has 5 nitrogen and oxygen atoms in total. The van der Waals surface area contributed by atoms with Crippen molar-refractivity contribution in [2.24, 2.45) is 0 Å². The van der Waals surface area contributed by atoms with Crippen molar-refractivity contribution in [3.05, 3.63) is 130 Å². The predicted octanol–water partition coefficient (Wildman–Crippen LogP) is 8.46. The van der Waals surface area contributed by atoms with Gasteiger partial charge in [-0.25, -0.2) is 4.79 Å². The minimum Gasteiger partial charge on any atom is -0.478 e. The molecule has 1 aromatic heterocycles. The first-order valence-electron chi connectivity index (χ1n) is 14.4. The molecule has 5 heteroatoms. The highest BCUT2D eigenvalue weighted by Gasteiger charge is 2.18. The molecule has 0 spiro atoms. The van der Waals surface area contributed by atoms with E-state index in [9.17, 15) is 14.7 Å². The van der Waals surface area contributed by atoms with E-state index in [0.29, 0.717) is 23.2 Å². The number of fused-ring (bicyclic) bond motifs is 1. The predicted molar refractivity (Wildman–Crippen MR) is 170 cm³/mol. The number of nitrogens with one attached hydrogen (secondary N) is 1. The molecule has 42 heavy (non-hydrogen) atoms. The zero-order valence-electron chi connectivity index (χ0n) is 25.2. The van der Waals surface area contributed by atoms with Crippen LogP contribution in [0.2, 0.25) is 0 Å². The molecule has 0 aliphatic carbocycles. The Bertz CT molecular complexity index is 1770. The number of carbonyl (C=O) groups is 2. The van der Waals surface area contributed by atoms with Gasteiger partial charge in [0.25, 0.3) is 5.91 Å². The van der Waals surface area contributed by atoms with E-state index in [0.717, 1.165) is 38.9 Å². The van der Waals surface area contributed by atoms with E-state index in [1.807, 2.05) is 61.5 Å². The first-order valence-corrected chi connectivity index (χ1v) is 14.4. The Labute approximate surface area is 247 Å². The van der Waals surface area contributed by atoms with Crippen LogP contribution in [0.4, 0.5) is 0 Å². The van der Waals surface area contributed by atoms with Gasteiger partial charge >= 0.3 is 5.97 Å². The van der Waals surface area contributed by atoms with Gasteiger partial charge in [0.2, 0.25) is 0 Å². The van der Waals surface area contributed by atoms with Crippen molar-refractivity contribution in [1.82, 2.24) is 9.88 Å². The average Bonchev–Trinajstić information content (AvgIpc) is 3.21. The molecule has 0 bridgehead atoms. The summed E-state index contributed by atoms with van der Waals surface area (Å²) in [5.41, 5.74) is 9.43. The lowest BCUT2D eigenvalue weighted by Crippen LogP contribution is -2.26. The number of carbonyl (C=O) groups excluding carboxylic acids is 1. The average molecular weight is 559 g/mol. The summed E-state index contributed by atoms with van der Waals surface area (Å²) >= 11 is 0. The molecule has 0 saturated carbocycles. The third-order valence-electron chi connectivity index (χ3n) is 8.29. The van der Waals surface area contributed by atoms with E-state index in [4.69, 9.17) is 0 Å². The second-order valence-corrected chi connectivity index (χ2v) is 12.1. The number of aromatic carboxylic acids is 1. The summed E-state index contributed by atoms with van der Waals surface area (Å²) in [4.78, 5) is 24.9. The van der Waals surface area contributed by atoms with Gasteiger partial charge in [0.05, 0.1) is 11.6 Å². The minimum absolute atomic E-state index is 0.0878. The number of hydrogen-bond donors (Lipinski definition) is 2. The van der Waals surface area contributed by atoms with Gasteiger partial charge in [-0.1, -0.05) is 87.5 Å². The monoisotopic (exact) mass is 558 g/mol. The number of nitrogens with zero attached hydrogens (tertiary/aromatic N) is 1. The molecular formula is C37H38N2O3. The summed E-state index contributed by atoms with van der Waals surface area (Å²) in [6.07, 6.45) is 0. The number of amides is 1. The maximum Gasteiger partial charge on any atom is 0.336 e. The Balaban J connectivity index is 1.35. The number of aryl methyl sites for hydroxylation is 1. The molecule has 2 N–H and O–H groups in total. The fraction of sp³-hybridized carbons (Fsp3) is 0.243. The van der Waals surface area contributed by atoms with Gasteiger partial charge in [-0.15, -0.1) is 0 Å². The van der Waals surface area contributed by atoms with Gasteiger partial charge in [-0.3, -0.25) is 4.79 Å². The van der Waals surface area contributed by atoms with E-state index in [1.165, 1.54) is 5.56 Å². The zero-order valence-corrected chi connectivity index (χ0v) is 25.2. The van der Waals surface area contributed by atoms with Gasteiger partial charge < -0.3 is 15.0 Å². The maximum atomic E-state index is 13.3. The standard InChI is InChI=1S/C37H38N2O3/c1-23-25(3)39(22-26-11-13-28(14-12-26)31-9-7-8-10-32(31)36(41)42)34-20-17-29(21-33(23)34)35(40)38-24(2)27-15-18-30(19-16-27)37(4,5)6/h7-21,24H,22H2,1-6H3,(H,38,40)(H,41,42)/t24-/m0/s1. The summed E-state index contributed by atoms with van der Waals surface area (Å²) in [5, 5.41) is 13.8. The number of carboxylic acids is 1. The van der Waals surface area contributed by atoms with Crippen LogP contribution in [0.3, 0.4) is 0 Å². The maximum absolute atomic E-state index is 13.3. The molecular weight excluding hydrogens is 520 g/mol. The van der Waals surface area contributed by atoms with E-state index in [1.54, 1.807) is 12.1 Å². The van der Waals surface area contributed by atoms with Crippen molar-refractivity contribution in [3.63, 3.8) is 0 Å². The molecule has 5 aromatic rings. The van der Waals surface area contributed by atoms with Gasteiger partial charge in [0.15, 0.2) is 0 Å². The lowest BCUT2D eigenvalue weighted by molar-refractivity contribution is 0.0697. The highest BCUT2D eigenvalue weighted by atomic mass is 16.4. The SMILES string of the molecule is Cc1c(C)n(Cc2ccc(-c3ccccc3C(=O)O)cc2)c2ccc(C(=O)N[C@@H](C)c3ccc(C(C)(C)C)cc3)cc12. The quantitative estimate of drug-likeness (QED) is 0.210. The molecule has 1 amide bonds. The third kappa shape index (κ3) is 5.73. The largest absolute Gasteiger partial charge is 0.478 e. The van der Waals surface area contributed by atoms with Gasteiger partial charge in [0, 0.05) is 28.7 Å². The first kappa shape index (κ1) is 28.9. The minimum atomic E-state index is -0.933. The van der Waals surface area contributed by atoms with Crippen LogP contribution < -0.4 is 5.32 Å². The van der Waals surface area contributed by atoms with Crippen LogP contribution in [0.1, 0.15) is 82.4 Å². The summed E-state index contributed by atoms with van der Waals surface area (Å²) in [7, 11) is 0. The van der Waals surface area contributed by atoms with Crippen LogP contribution in [0.15, 0.2) is 91.0 Å². The van der Waals surface area contributed by atoms with E-state index in [-0.39, 0.29) is 17.4 Å². The Morgan fingerprint density at radius 3 is 2.19 bits per heavy atom. The number of hydrogen-bond acceptors (Lipinski definition) is 2. The Morgan fingerprint density at radius 1 is 0.881 bits per heavy atom. The zero-order chi connectivity index (χ0) is 30.2. The van der Waals surface area contributed by atoms with Crippen LogP contribution in [0.5, 0.6) is 0 Å². The molecule has 0 saturated heterocycles. The lowest BCUT2D eigenvalue weighted by Gasteiger charge is -2.20. The Kier molecular flexibility index (Phi) is 7.79. The molecule has 214 valence electrons. The molecule has 5 rings (SSSR count). The summed E-state index contributed by atoms with van der Waals surface area (Å²) in [6.45, 7) is 13.5. The molecule has 1 heterocycles. The second-order valence-electron chi connectivity index (χ2n) is 12.1. The molecule has 4 aromatic carbocycles. The summed E-state index contributed by atoms with van der Waals surface area (Å²) in [6, 6.07) is 29.4. The molecule has 0 radical (unpaired) electrons. The van der Waals surface area contributed by atoms with E-state index >= 15 is 0 Å². The van der Waals surface area contributed by atoms with Crippen LogP contribution in [0, 0.1) is 13.8 Å². The fourth-order valence-electron chi connectivity index (χ4n) is 5.52. The number of benzene rings is 4. The van der Waals surface area contributed by atoms with Crippen molar-refractivity contribution in [2.75, 3.05) is 0 Å². The normalized spacial score (nSPS) is 12.3. The number of carboxylic acid groups (broad SMARTS) is 1. The van der Waals surface area contributed by atoms with Crippen molar-refractivity contribution >= 4 is 22.8 Å². The number of aromatic nitrogens is 1. The molecule has 0 aliphatic rings. The van der Waals surface area contributed by atoms with Gasteiger partial charge in [-0.2, -0.15) is 0 Å². The van der Waals surface area contributed by atoms with Crippen molar-refractivity contribution < 1.29 is 14.7 Å².